The molecule has 208 valence electrons. The Morgan fingerprint density at radius 2 is 1.88 bits per heavy atom. The molecule has 1 heterocycles. The topological polar surface area (TPSA) is 141 Å². The molecule has 0 unspecified atom stereocenters. The first-order valence-electron chi connectivity index (χ1n) is 12.9. The predicted molar refractivity (Wildman–Crippen MR) is 148 cm³/mol. The van der Waals surface area contributed by atoms with E-state index in [1.54, 1.807) is 43.3 Å². The van der Waals surface area contributed by atoms with Crippen molar-refractivity contribution in [3.05, 3.63) is 111 Å². The molecule has 0 bridgehead atoms. The number of hydrogen-bond donors (Lipinski definition) is 3. The van der Waals surface area contributed by atoms with Crippen molar-refractivity contribution in [2.45, 2.75) is 44.5 Å². The summed E-state index contributed by atoms with van der Waals surface area (Å²) in [5.41, 5.74) is 16.2. The molecule has 0 saturated heterocycles. The second kappa shape index (κ2) is 13.6. The number of ether oxygens (including phenoxy) is 2. The number of halogens is 1. The van der Waals surface area contributed by atoms with E-state index in [2.05, 4.69) is 20.9 Å². The molecular formula is C29H31FN6O4. The van der Waals surface area contributed by atoms with E-state index >= 15 is 0 Å². The maximum absolute atomic E-state index is 13.8. The molecule has 0 spiro atoms. The number of amides is 1. The van der Waals surface area contributed by atoms with Crippen LogP contribution in [0.1, 0.15) is 35.6 Å². The van der Waals surface area contributed by atoms with Gasteiger partial charge in [0.2, 0.25) is 5.90 Å². The average molecular weight is 547 g/mol. The van der Waals surface area contributed by atoms with Crippen molar-refractivity contribution in [3.63, 3.8) is 0 Å². The SMILES string of the molecule is C[C@@H]1OC(c2ccc(OCCCO)cc2)=N[C@]1(Cc1ccccc1CN=[N+]=[N-])C(=O)NNCc1ccc(F)cc1. The van der Waals surface area contributed by atoms with Crippen molar-refractivity contribution in [1.82, 2.24) is 10.9 Å². The lowest BCUT2D eigenvalue weighted by Gasteiger charge is -2.29. The molecule has 0 saturated carbocycles. The first-order chi connectivity index (χ1) is 19.4. The first-order valence-corrected chi connectivity index (χ1v) is 12.9. The monoisotopic (exact) mass is 546 g/mol. The maximum atomic E-state index is 13.8. The number of nitrogens with zero attached hydrogens (tertiary/aromatic N) is 4. The number of azide groups is 1. The van der Waals surface area contributed by atoms with E-state index in [4.69, 9.17) is 25.1 Å². The zero-order chi connectivity index (χ0) is 28.4. The normalized spacial score (nSPS) is 17.9. The Morgan fingerprint density at radius 1 is 1.15 bits per heavy atom. The lowest BCUT2D eigenvalue weighted by molar-refractivity contribution is -0.129. The van der Waals surface area contributed by atoms with Gasteiger partial charge in [0.1, 0.15) is 17.7 Å². The third-order valence-electron chi connectivity index (χ3n) is 6.62. The van der Waals surface area contributed by atoms with E-state index in [-0.39, 0.29) is 31.9 Å². The fourth-order valence-corrected chi connectivity index (χ4v) is 4.36. The van der Waals surface area contributed by atoms with Gasteiger partial charge in [-0.15, -0.1) is 0 Å². The second-order valence-electron chi connectivity index (χ2n) is 9.32. The highest BCUT2D eigenvalue weighted by molar-refractivity contribution is 6.00. The van der Waals surface area contributed by atoms with Gasteiger partial charge in [-0.05, 0) is 65.5 Å². The molecule has 3 aromatic carbocycles. The minimum Gasteiger partial charge on any atom is -0.494 e. The van der Waals surface area contributed by atoms with Crippen molar-refractivity contribution in [2.75, 3.05) is 13.2 Å². The second-order valence-corrected chi connectivity index (χ2v) is 9.32. The highest BCUT2D eigenvalue weighted by atomic mass is 19.1. The van der Waals surface area contributed by atoms with Crippen LogP contribution in [0.5, 0.6) is 5.75 Å². The minimum atomic E-state index is -1.34. The number of aliphatic imine (C=N–C) groups is 1. The average Bonchev–Trinajstić information content (AvgIpc) is 3.30. The summed E-state index contributed by atoms with van der Waals surface area (Å²) in [7, 11) is 0. The number of hydrogen-bond acceptors (Lipinski definition) is 7. The van der Waals surface area contributed by atoms with Crippen molar-refractivity contribution in [3.8, 4) is 5.75 Å². The molecule has 3 aromatic rings. The third kappa shape index (κ3) is 6.95. The van der Waals surface area contributed by atoms with Crippen LogP contribution in [0.2, 0.25) is 0 Å². The van der Waals surface area contributed by atoms with Gasteiger partial charge in [0, 0.05) is 36.5 Å². The fraction of sp³-hybridized carbons (Fsp3) is 0.310. The molecule has 11 heteroatoms. The van der Waals surface area contributed by atoms with Crippen LogP contribution in [0.4, 0.5) is 4.39 Å². The standard InChI is InChI=1S/C29H31FN6O4/c1-20-29(17-23-5-2-3-6-24(23)19-33-36-31,28(38)35-32-18-21-7-11-25(30)12-8-21)34-27(40-20)22-9-13-26(14-10-22)39-16-4-15-37/h2-3,5-14,20,32,37H,4,15-19H2,1H3,(H,35,38)/t20-,29-/m0/s1. The predicted octanol–water partition coefficient (Wildman–Crippen LogP) is 4.37. The molecule has 1 aliphatic rings. The van der Waals surface area contributed by atoms with Gasteiger partial charge in [-0.2, -0.15) is 0 Å². The number of nitrogens with one attached hydrogen (secondary N) is 2. The fourth-order valence-electron chi connectivity index (χ4n) is 4.36. The molecule has 0 aliphatic carbocycles. The lowest BCUT2D eigenvalue weighted by atomic mass is 9.84. The molecule has 1 aliphatic heterocycles. The number of rotatable bonds is 13. The van der Waals surface area contributed by atoms with Gasteiger partial charge in [-0.1, -0.05) is 41.5 Å². The molecule has 40 heavy (non-hydrogen) atoms. The van der Waals surface area contributed by atoms with Crippen LogP contribution in [-0.2, 0) is 29.0 Å². The van der Waals surface area contributed by atoms with E-state index in [9.17, 15) is 9.18 Å². The van der Waals surface area contributed by atoms with Crippen LogP contribution < -0.4 is 15.6 Å². The van der Waals surface area contributed by atoms with Crippen LogP contribution in [0.25, 0.3) is 10.4 Å². The van der Waals surface area contributed by atoms with Gasteiger partial charge in [-0.3, -0.25) is 10.2 Å². The Hall–Kier alpha value is -4.44. The molecule has 3 N–H and O–H groups in total. The number of aliphatic hydroxyl groups is 1. The molecule has 10 nitrogen and oxygen atoms in total. The summed E-state index contributed by atoms with van der Waals surface area (Å²) in [6, 6.07) is 20.6. The van der Waals surface area contributed by atoms with E-state index in [0.29, 0.717) is 30.2 Å². The zero-order valence-corrected chi connectivity index (χ0v) is 22.1. The minimum absolute atomic E-state index is 0.0511. The van der Waals surface area contributed by atoms with Crippen molar-refractivity contribution < 1.29 is 23.8 Å². The number of carbonyl (C=O) groups is 1. The van der Waals surface area contributed by atoms with Crippen molar-refractivity contribution in [2.24, 2.45) is 10.1 Å². The Kier molecular flexibility index (Phi) is 9.69. The van der Waals surface area contributed by atoms with Crippen LogP contribution in [0, 0.1) is 5.82 Å². The van der Waals surface area contributed by atoms with E-state index in [0.717, 1.165) is 16.7 Å². The van der Waals surface area contributed by atoms with Gasteiger partial charge in [0.05, 0.1) is 13.2 Å². The molecule has 0 fully saturated rings. The Balaban J connectivity index is 1.61. The lowest BCUT2D eigenvalue weighted by Crippen LogP contribution is -2.55. The summed E-state index contributed by atoms with van der Waals surface area (Å²) in [4.78, 5) is 21.5. The van der Waals surface area contributed by atoms with Gasteiger partial charge in [0.15, 0.2) is 5.54 Å². The Bertz CT molecular complexity index is 1380. The van der Waals surface area contributed by atoms with Gasteiger partial charge in [0.25, 0.3) is 5.91 Å². The van der Waals surface area contributed by atoms with Crippen LogP contribution >= 0.6 is 0 Å². The number of aliphatic hydroxyl groups excluding tert-OH is 1. The van der Waals surface area contributed by atoms with Crippen LogP contribution in [-0.4, -0.2) is 41.8 Å². The number of carbonyl (C=O) groups excluding carboxylic acids is 1. The molecule has 0 radical (unpaired) electrons. The van der Waals surface area contributed by atoms with E-state index in [1.165, 1.54) is 12.1 Å². The molecular weight excluding hydrogens is 515 g/mol. The summed E-state index contributed by atoms with van der Waals surface area (Å²) in [6.07, 6.45) is 0.0905. The molecule has 4 rings (SSSR count). The van der Waals surface area contributed by atoms with Gasteiger partial charge in [-0.25, -0.2) is 14.8 Å². The summed E-state index contributed by atoms with van der Waals surface area (Å²) >= 11 is 0. The largest absolute Gasteiger partial charge is 0.494 e. The highest BCUT2D eigenvalue weighted by Gasteiger charge is 2.50. The smallest absolute Gasteiger partial charge is 0.266 e. The molecule has 2 atom stereocenters. The van der Waals surface area contributed by atoms with E-state index in [1.807, 2.05) is 24.3 Å². The Morgan fingerprint density at radius 3 is 2.58 bits per heavy atom. The van der Waals surface area contributed by atoms with Gasteiger partial charge >= 0.3 is 0 Å². The van der Waals surface area contributed by atoms with Crippen molar-refractivity contribution in [1.29, 1.82) is 0 Å². The highest BCUT2D eigenvalue weighted by Crippen LogP contribution is 2.33. The number of hydrazine groups is 1. The zero-order valence-electron chi connectivity index (χ0n) is 22.1. The first kappa shape index (κ1) is 28.6. The summed E-state index contributed by atoms with van der Waals surface area (Å²) in [5, 5.41) is 12.7. The van der Waals surface area contributed by atoms with Crippen LogP contribution in [0.3, 0.4) is 0 Å². The molecule has 0 aromatic heterocycles. The van der Waals surface area contributed by atoms with E-state index < -0.39 is 17.6 Å². The summed E-state index contributed by atoms with van der Waals surface area (Å²) in [6.45, 7) is 2.65. The molecule has 1 amide bonds. The third-order valence-corrected chi connectivity index (χ3v) is 6.62. The maximum Gasteiger partial charge on any atom is 0.266 e. The van der Waals surface area contributed by atoms with Crippen LogP contribution in [0.15, 0.2) is 82.9 Å². The number of benzene rings is 3. The summed E-state index contributed by atoms with van der Waals surface area (Å²) in [5.74, 6) is 0.217. The van der Waals surface area contributed by atoms with Crippen molar-refractivity contribution >= 4 is 11.8 Å². The van der Waals surface area contributed by atoms with Gasteiger partial charge < -0.3 is 14.6 Å². The summed E-state index contributed by atoms with van der Waals surface area (Å²) < 4.78 is 25.0. The quantitative estimate of drug-likeness (QED) is 0.0960. The Labute approximate surface area is 231 Å².